The van der Waals surface area contributed by atoms with E-state index in [2.05, 4.69) is 10.4 Å². The van der Waals surface area contributed by atoms with Crippen LogP contribution < -0.4 is 5.32 Å². The smallest absolute Gasteiger partial charge is 0.265 e. The summed E-state index contributed by atoms with van der Waals surface area (Å²) in [5.74, 6) is -1.11. The van der Waals surface area contributed by atoms with E-state index in [4.69, 9.17) is 11.6 Å². The predicted molar refractivity (Wildman–Crippen MR) is 79.7 cm³/mol. The molecule has 1 aliphatic rings. The highest BCUT2D eigenvalue weighted by Gasteiger charge is 2.36. The van der Waals surface area contributed by atoms with Crippen LogP contribution >= 0.6 is 11.6 Å². The van der Waals surface area contributed by atoms with Crippen molar-refractivity contribution in [3.63, 3.8) is 0 Å². The molecule has 0 spiro atoms. The van der Waals surface area contributed by atoms with Crippen LogP contribution in [-0.2, 0) is 11.2 Å². The molecular weight excluding hydrogens is 290 g/mol. The van der Waals surface area contributed by atoms with Crippen molar-refractivity contribution in [1.29, 1.82) is 0 Å². The molecule has 1 aromatic carbocycles. The van der Waals surface area contributed by atoms with Gasteiger partial charge in [0.05, 0.1) is 5.69 Å². The van der Waals surface area contributed by atoms with Crippen molar-refractivity contribution in [3.8, 4) is 0 Å². The summed E-state index contributed by atoms with van der Waals surface area (Å²) in [5, 5.41) is 7.58. The van der Waals surface area contributed by atoms with Crippen molar-refractivity contribution in [2.75, 3.05) is 5.32 Å². The van der Waals surface area contributed by atoms with Crippen molar-refractivity contribution in [2.24, 2.45) is 0 Å². The van der Waals surface area contributed by atoms with Crippen molar-refractivity contribution in [3.05, 3.63) is 46.6 Å². The molecule has 6 heteroatoms. The van der Waals surface area contributed by atoms with Crippen molar-refractivity contribution in [1.82, 2.24) is 9.78 Å². The van der Waals surface area contributed by atoms with Crippen LogP contribution in [0.3, 0.4) is 0 Å². The number of rotatable bonds is 3. The maximum absolute atomic E-state index is 12.5. The van der Waals surface area contributed by atoms with Crippen LogP contribution in [0, 0.1) is 0 Å². The normalized spacial score (nSPS) is 17.5. The average Bonchev–Trinajstić information content (AvgIpc) is 2.84. The van der Waals surface area contributed by atoms with Crippen molar-refractivity contribution < 1.29 is 9.59 Å². The molecule has 0 saturated carbocycles. The van der Waals surface area contributed by atoms with Crippen molar-refractivity contribution in [2.45, 2.75) is 25.7 Å². The quantitative estimate of drug-likeness (QED) is 0.887. The Balaban J connectivity index is 1.98. The zero-order valence-electron chi connectivity index (χ0n) is 11.5. The lowest BCUT2D eigenvalue weighted by molar-refractivity contribution is -0.117. The molecule has 1 amide bonds. The summed E-state index contributed by atoms with van der Waals surface area (Å²) in [6, 6.07) is 8.45. The van der Waals surface area contributed by atoms with Crippen LogP contribution in [0.25, 0.3) is 0 Å². The van der Waals surface area contributed by atoms with Gasteiger partial charge in [-0.25, -0.2) is 0 Å². The first-order valence-electron chi connectivity index (χ1n) is 6.79. The zero-order chi connectivity index (χ0) is 15.0. The third-order valence-electron chi connectivity index (χ3n) is 3.44. The summed E-state index contributed by atoms with van der Waals surface area (Å²) >= 11 is 5.84. The number of halogens is 1. The summed E-state index contributed by atoms with van der Waals surface area (Å²) in [5.41, 5.74) is 1.41. The SMILES string of the molecule is CCCc1cc2n(n1)C(=O)C(c1ccc(Cl)cc1)C(=O)N2. The highest BCUT2D eigenvalue weighted by Crippen LogP contribution is 2.28. The Bertz CT molecular complexity index is 706. The first-order valence-corrected chi connectivity index (χ1v) is 7.17. The summed E-state index contributed by atoms with van der Waals surface area (Å²) < 4.78 is 1.28. The number of aryl methyl sites for hydroxylation is 1. The molecule has 5 nitrogen and oxygen atoms in total. The number of carbonyl (C=O) groups is 2. The van der Waals surface area contributed by atoms with Gasteiger partial charge < -0.3 is 5.32 Å². The van der Waals surface area contributed by atoms with E-state index in [-0.39, 0.29) is 11.8 Å². The Hall–Kier alpha value is -2.14. The molecule has 0 aliphatic carbocycles. The number of benzene rings is 1. The highest BCUT2D eigenvalue weighted by atomic mass is 35.5. The van der Waals surface area contributed by atoms with Gasteiger partial charge in [0.1, 0.15) is 11.7 Å². The molecule has 1 aromatic heterocycles. The van der Waals surface area contributed by atoms with Crippen LogP contribution in [0.1, 0.15) is 35.3 Å². The maximum atomic E-state index is 12.5. The topological polar surface area (TPSA) is 64.0 Å². The van der Waals surface area contributed by atoms with E-state index in [0.29, 0.717) is 16.4 Å². The van der Waals surface area contributed by atoms with Crippen LogP contribution in [0.4, 0.5) is 5.82 Å². The zero-order valence-corrected chi connectivity index (χ0v) is 12.2. The molecule has 2 aromatic rings. The Labute approximate surface area is 126 Å². The molecule has 1 atom stereocenters. The third-order valence-corrected chi connectivity index (χ3v) is 3.69. The average molecular weight is 304 g/mol. The molecule has 0 saturated heterocycles. The van der Waals surface area contributed by atoms with Gasteiger partial charge in [-0.2, -0.15) is 9.78 Å². The number of anilines is 1. The van der Waals surface area contributed by atoms with E-state index >= 15 is 0 Å². The van der Waals surface area contributed by atoms with E-state index in [0.717, 1.165) is 18.5 Å². The van der Waals surface area contributed by atoms with E-state index in [9.17, 15) is 9.59 Å². The van der Waals surface area contributed by atoms with Gasteiger partial charge in [-0.05, 0) is 24.1 Å². The molecule has 1 aliphatic heterocycles. The van der Waals surface area contributed by atoms with E-state index < -0.39 is 5.92 Å². The fourth-order valence-electron chi connectivity index (χ4n) is 2.45. The monoisotopic (exact) mass is 303 g/mol. The molecule has 2 heterocycles. The lowest BCUT2D eigenvalue weighted by atomic mass is 9.96. The van der Waals surface area contributed by atoms with E-state index in [1.165, 1.54) is 4.68 Å². The first kappa shape index (κ1) is 13.8. The van der Waals surface area contributed by atoms with Gasteiger partial charge in [-0.3, -0.25) is 9.59 Å². The first-order chi connectivity index (χ1) is 10.1. The number of fused-ring (bicyclic) bond motifs is 1. The lowest BCUT2D eigenvalue weighted by Gasteiger charge is -2.21. The van der Waals surface area contributed by atoms with Crippen LogP contribution in [0.5, 0.6) is 0 Å². The molecule has 1 unspecified atom stereocenters. The summed E-state index contributed by atoms with van der Waals surface area (Å²) in [6.45, 7) is 2.04. The Morgan fingerprint density at radius 1 is 1.29 bits per heavy atom. The number of hydrogen-bond donors (Lipinski definition) is 1. The van der Waals surface area contributed by atoms with E-state index in [1.807, 2.05) is 6.92 Å². The second-order valence-corrected chi connectivity index (χ2v) is 5.43. The molecule has 3 rings (SSSR count). The van der Waals surface area contributed by atoms with E-state index in [1.54, 1.807) is 30.3 Å². The molecule has 1 N–H and O–H groups in total. The van der Waals surface area contributed by atoms with Gasteiger partial charge in [0.2, 0.25) is 5.91 Å². The standard InChI is InChI=1S/C15H14ClN3O2/c1-2-3-11-8-12-17-14(20)13(15(21)19(12)18-11)9-4-6-10(16)7-5-9/h4-8,13H,2-3H2,1H3,(H,17,20). The molecule has 108 valence electrons. The Kier molecular flexibility index (Phi) is 3.51. The second kappa shape index (κ2) is 5.33. The molecular formula is C15H14ClN3O2. The minimum absolute atomic E-state index is 0.335. The number of amides is 1. The Morgan fingerprint density at radius 3 is 2.67 bits per heavy atom. The lowest BCUT2D eigenvalue weighted by Crippen LogP contribution is -2.38. The van der Waals surface area contributed by atoms with Crippen molar-refractivity contribution >= 4 is 29.2 Å². The fourth-order valence-corrected chi connectivity index (χ4v) is 2.57. The third kappa shape index (κ3) is 2.45. The molecule has 21 heavy (non-hydrogen) atoms. The largest absolute Gasteiger partial charge is 0.309 e. The van der Waals surface area contributed by atoms with Gasteiger partial charge in [0, 0.05) is 11.1 Å². The maximum Gasteiger partial charge on any atom is 0.265 e. The second-order valence-electron chi connectivity index (χ2n) is 4.99. The van der Waals surface area contributed by atoms with Crippen LogP contribution in [-0.4, -0.2) is 21.6 Å². The molecule has 0 fully saturated rings. The number of nitrogens with zero attached hydrogens (tertiary/aromatic N) is 2. The predicted octanol–water partition coefficient (Wildman–Crippen LogP) is 2.87. The molecule has 0 bridgehead atoms. The number of aromatic nitrogens is 2. The van der Waals surface area contributed by atoms with Crippen LogP contribution in [0.2, 0.25) is 5.02 Å². The minimum Gasteiger partial charge on any atom is -0.309 e. The summed E-state index contributed by atoms with van der Waals surface area (Å²) in [4.78, 5) is 24.8. The number of nitrogens with one attached hydrogen (secondary N) is 1. The van der Waals surface area contributed by atoms with Gasteiger partial charge in [-0.1, -0.05) is 37.1 Å². The van der Waals surface area contributed by atoms with Gasteiger partial charge >= 0.3 is 0 Å². The van der Waals surface area contributed by atoms with Gasteiger partial charge in [-0.15, -0.1) is 0 Å². The van der Waals surface area contributed by atoms with Gasteiger partial charge in [0.15, 0.2) is 0 Å². The molecule has 0 radical (unpaired) electrons. The fraction of sp³-hybridized carbons (Fsp3) is 0.267. The summed E-state index contributed by atoms with van der Waals surface area (Å²) in [6.07, 6.45) is 1.70. The number of carbonyl (C=O) groups excluding carboxylic acids is 2. The van der Waals surface area contributed by atoms with Crippen LogP contribution in [0.15, 0.2) is 30.3 Å². The minimum atomic E-state index is -0.885. The van der Waals surface area contributed by atoms with Gasteiger partial charge in [0.25, 0.3) is 5.91 Å². The summed E-state index contributed by atoms with van der Waals surface area (Å²) in [7, 11) is 0. The number of hydrogen-bond acceptors (Lipinski definition) is 3. The highest BCUT2D eigenvalue weighted by molar-refractivity contribution is 6.30. The Morgan fingerprint density at radius 2 is 2.00 bits per heavy atom.